The molecule has 0 unspecified atom stereocenters. The van der Waals surface area contributed by atoms with Crippen molar-refractivity contribution in [3.05, 3.63) is 54.1 Å². The Kier molecular flexibility index (Phi) is 6.88. The number of likely N-dealkylation sites (N-methyl/N-ethyl adjacent to an activating group) is 1. The lowest BCUT2D eigenvalue weighted by Gasteiger charge is -2.33. The summed E-state index contributed by atoms with van der Waals surface area (Å²) < 4.78 is 33.8. The average Bonchev–Trinajstić information content (AvgIpc) is 3.50. The average molecular weight is 547 g/mol. The van der Waals surface area contributed by atoms with Gasteiger partial charge in [-0.1, -0.05) is 6.92 Å². The van der Waals surface area contributed by atoms with Gasteiger partial charge in [-0.05, 0) is 51.6 Å². The molecule has 0 bridgehead atoms. The first-order valence-electron chi connectivity index (χ1n) is 13.6. The Bertz CT molecular complexity index is 1680. The Morgan fingerprint density at radius 1 is 0.925 bits per heavy atom. The fourth-order valence-electron chi connectivity index (χ4n) is 5.39. The SMILES string of the molecule is CCN1CCN(Cn2ncc3nc(Nc4ncc(F)c(-c5cc(F)c6nc(C)n(C(C)C)c6c5)n4)ccc32)CC1. The molecule has 0 aliphatic carbocycles. The summed E-state index contributed by atoms with van der Waals surface area (Å²) in [5.74, 6) is 0.158. The highest BCUT2D eigenvalue weighted by Crippen LogP contribution is 2.30. The Labute approximate surface area is 230 Å². The molecule has 1 aromatic carbocycles. The lowest BCUT2D eigenvalue weighted by atomic mass is 10.1. The summed E-state index contributed by atoms with van der Waals surface area (Å²) >= 11 is 0. The van der Waals surface area contributed by atoms with Crippen LogP contribution in [0, 0.1) is 18.6 Å². The maximum absolute atomic E-state index is 15.0. The molecule has 1 N–H and O–H groups in total. The number of halogens is 2. The van der Waals surface area contributed by atoms with Crippen molar-refractivity contribution in [3.8, 4) is 11.3 Å². The topological polar surface area (TPSA) is 92.8 Å². The molecule has 0 atom stereocenters. The molecule has 0 spiro atoms. The Balaban J connectivity index is 1.25. The van der Waals surface area contributed by atoms with E-state index in [9.17, 15) is 4.39 Å². The van der Waals surface area contributed by atoms with Crippen molar-refractivity contribution < 1.29 is 8.78 Å². The predicted octanol–water partition coefficient (Wildman–Crippen LogP) is 4.74. The number of imidazole rings is 1. The fraction of sp³-hybridized carbons (Fsp3) is 0.393. The molecular formula is C28H32F2N10. The Morgan fingerprint density at radius 3 is 2.45 bits per heavy atom. The first kappa shape index (κ1) is 26.2. The molecule has 5 aromatic rings. The van der Waals surface area contributed by atoms with E-state index >= 15 is 4.39 Å². The van der Waals surface area contributed by atoms with E-state index in [1.54, 1.807) is 12.3 Å². The van der Waals surface area contributed by atoms with Crippen LogP contribution in [0.4, 0.5) is 20.5 Å². The summed E-state index contributed by atoms with van der Waals surface area (Å²) in [6.45, 7) is 13.9. The number of nitrogens with zero attached hydrogens (tertiary/aromatic N) is 9. The number of aromatic nitrogens is 7. The number of pyridine rings is 1. The monoisotopic (exact) mass is 546 g/mol. The minimum atomic E-state index is -0.652. The van der Waals surface area contributed by atoms with Gasteiger partial charge in [0.15, 0.2) is 11.6 Å². The van der Waals surface area contributed by atoms with Crippen molar-refractivity contribution in [2.24, 2.45) is 0 Å². The van der Waals surface area contributed by atoms with E-state index in [1.165, 1.54) is 6.07 Å². The molecule has 5 heterocycles. The van der Waals surface area contributed by atoms with Crippen molar-refractivity contribution in [1.82, 2.24) is 44.1 Å². The fourth-order valence-corrected chi connectivity index (χ4v) is 5.39. The van der Waals surface area contributed by atoms with Crippen LogP contribution in [0.25, 0.3) is 33.3 Å². The molecule has 1 aliphatic heterocycles. The number of hydrogen-bond donors (Lipinski definition) is 1. The van der Waals surface area contributed by atoms with Crippen molar-refractivity contribution in [2.75, 3.05) is 38.0 Å². The van der Waals surface area contributed by atoms with Gasteiger partial charge in [0.1, 0.15) is 28.4 Å². The van der Waals surface area contributed by atoms with Crippen LogP contribution in [0.2, 0.25) is 0 Å². The van der Waals surface area contributed by atoms with E-state index in [4.69, 9.17) is 0 Å². The van der Waals surface area contributed by atoms with E-state index in [0.29, 0.717) is 29.4 Å². The molecule has 40 heavy (non-hydrogen) atoms. The van der Waals surface area contributed by atoms with Gasteiger partial charge in [0.25, 0.3) is 0 Å². The first-order chi connectivity index (χ1) is 19.3. The van der Waals surface area contributed by atoms with Gasteiger partial charge in [0.05, 0.1) is 30.1 Å². The number of rotatable bonds is 7. The van der Waals surface area contributed by atoms with Crippen LogP contribution in [0.1, 0.15) is 32.6 Å². The van der Waals surface area contributed by atoms with Crippen LogP contribution in [0.3, 0.4) is 0 Å². The standard InChI is InChI=1S/C28H32F2N10/c1-5-37-8-10-38(11-9-37)16-39-23-6-7-25(34-22(23)15-32-39)35-28-31-14-21(30)26(36-28)19-12-20(29)27-24(13-19)40(17(2)3)18(4)33-27/h6-7,12-15,17H,5,8-11,16H2,1-4H3,(H,31,34,35,36). The Morgan fingerprint density at radius 2 is 1.70 bits per heavy atom. The number of hydrogen-bond acceptors (Lipinski definition) is 8. The summed E-state index contributed by atoms with van der Waals surface area (Å²) in [7, 11) is 0. The molecule has 1 fully saturated rings. The highest BCUT2D eigenvalue weighted by molar-refractivity contribution is 5.83. The lowest BCUT2D eigenvalue weighted by molar-refractivity contribution is 0.108. The van der Waals surface area contributed by atoms with Gasteiger partial charge < -0.3 is 14.8 Å². The van der Waals surface area contributed by atoms with Crippen LogP contribution in [0.15, 0.2) is 36.7 Å². The third-order valence-electron chi connectivity index (χ3n) is 7.44. The first-order valence-corrected chi connectivity index (χ1v) is 13.6. The molecule has 1 saturated heterocycles. The molecule has 6 rings (SSSR count). The Hall–Kier alpha value is -4.03. The zero-order chi connectivity index (χ0) is 28.0. The molecular weight excluding hydrogens is 514 g/mol. The largest absolute Gasteiger partial charge is 0.326 e. The highest BCUT2D eigenvalue weighted by Gasteiger charge is 2.19. The van der Waals surface area contributed by atoms with Crippen molar-refractivity contribution >= 4 is 33.8 Å². The van der Waals surface area contributed by atoms with Gasteiger partial charge in [-0.3, -0.25) is 4.90 Å². The lowest BCUT2D eigenvalue weighted by Crippen LogP contribution is -2.46. The molecule has 12 heteroatoms. The minimum Gasteiger partial charge on any atom is -0.326 e. The zero-order valence-electron chi connectivity index (χ0n) is 23.1. The van der Waals surface area contributed by atoms with Crippen molar-refractivity contribution in [3.63, 3.8) is 0 Å². The maximum Gasteiger partial charge on any atom is 0.229 e. The predicted molar refractivity (Wildman–Crippen MR) is 150 cm³/mol. The quantitative estimate of drug-likeness (QED) is 0.313. The van der Waals surface area contributed by atoms with Gasteiger partial charge >= 0.3 is 0 Å². The molecule has 0 radical (unpaired) electrons. The summed E-state index contributed by atoms with van der Waals surface area (Å²) in [4.78, 5) is 22.3. The van der Waals surface area contributed by atoms with E-state index in [2.05, 4.69) is 47.1 Å². The minimum absolute atomic E-state index is 0.00970. The van der Waals surface area contributed by atoms with Crippen molar-refractivity contribution in [2.45, 2.75) is 40.4 Å². The smallest absolute Gasteiger partial charge is 0.229 e. The van der Waals surface area contributed by atoms with Gasteiger partial charge in [-0.15, -0.1) is 0 Å². The van der Waals surface area contributed by atoms with Crippen molar-refractivity contribution in [1.29, 1.82) is 0 Å². The molecule has 10 nitrogen and oxygen atoms in total. The second-order valence-corrected chi connectivity index (χ2v) is 10.4. The third kappa shape index (κ3) is 4.88. The summed E-state index contributed by atoms with van der Waals surface area (Å²) in [5.41, 5.74) is 2.79. The van der Waals surface area contributed by atoms with Crippen LogP contribution >= 0.6 is 0 Å². The second-order valence-electron chi connectivity index (χ2n) is 10.4. The van der Waals surface area contributed by atoms with E-state index in [-0.39, 0.29) is 23.2 Å². The van der Waals surface area contributed by atoms with Crippen LogP contribution in [-0.2, 0) is 6.67 Å². The molecule has 208 valence electrons. The molecule has 1 aliphatic rings. The van der Waals surface area contributed by atoms with E-state index < -0.39 is 11.6 Å². The van der Waals surface area contributed by atoms with Crippen LogP contribution in [0.5, 0.6) is 0 Å². The van der Waals surface area contributed by atoms with E-state index in [0.717, 1.165) is 50.0 Å². The van der Waals surface area contributed by atoms with Gasteiger partial charge in [-0.25, -0.2) is 33.4 Å². The van der Waals surface area contributed by atoms with Crippen LogP contribution < -0.4 is 5.32 Å². The zero-order valence-corrected chi connectivity index (χ0v) is 23.1. The van der Waals surface area contributed by atoms with Gasteiger partial charge in [0, 0.05) is 37.8 Å². The number of piperazine rings is 1. The number of benzene rings is 1. The maximum atomic E-state index is 15.0. The number of nitrogens with one attached hydrogen (secondary N) is 1. The van der Waals surface area contributed by atoms with E-state index in [1.807, 2.05) is 42.2 Å². The summed E-state index contributed by atoms with van der Waals surface area (Å²) in [6.07, 6.45) is 2.81. The number of anilines is 2. The highest BCUT2D eigenvalue weighted by atomic mass is 19.1. The number of aryl methyl sites for hydroxylation is 1. The van der Waals surface area contributed by atoms with Crippen LogP contribution in [-0.4, -0.2) is 76.8 Å². The molecule has 0 amide bonds. The molecule has 4 aromatic heterocycles. The summed E-state index contributed by atoms with van der Waals surface area (Å²) in [6, 6.07) is 6.80. The summed E-state index contributed by atoms with van der Waals surface area (Å²) in [5, 5.41) is 7.60. The van der Waals surface area contributed by atoms with Gasteiger partial charge in [-0.2, -0.15) is 5.10 Å². The normalized spacial score (nSPS) is 15.1. The second kappa shape index (κ2) is 10.5. The molecule has 0 saturated carbocycles. The number of fused-ring (bicyclic) bond motifs is 2. The van der Waals surface area contributed by atoms with Gasteiger partial charge in [0.2, 0.25) is 5.95 Å². The third-order valence-corrected chi connectivity index (χ3v) is 7.44.